The molecule has 2 aromatic carbocycles. The molecule has 0 aromatic heterocycles. The molecule has 0 amide bonds. The third kappa shape index (κ3) is 3.67. The van der Waals surface area contributed by atoms with Crippen molar-refractivity contribution in [3.05, 3.63) is 64.2 Å². The van der Waals surface area contributed by atoms with Crippen molar-refractivity contribution in [1.82, 2.24) is 0 Å². The summed E-state index contributed by atoms with van der Waals surface area (Å²) in [6.45, 7) is 1.89. The third-order valence-electron chi connectivity index (χ3n) is 2.95. The number of aryl methyl sites for hydroxylation is 1. The minimum absolute atomic E-state index is 0.217. The molecule has 0 aliphatic heterocycles. The van der Waals surface area contributed by atoms with Crippen LogP contribution in [-0.2, 0) is 12.7 Å². The molecule has 1 N–H and O–H groups in total. The molecular formula is C15H13ClF3N. The Labute approximate surface area is 120 Å². The van der Waals surface area contributed by atoms with Gasteiger partial charge in [0.2, 0.25) is 0 Å². The molecule has 0 saturated heterocycles. The number of anilines is 1. The Hall–Kier alpha value is -1.68. The van der Waals surface area contributed by atoms with E-state index >= 15 is 0 Å². The van der Waals surface area contributed by atoms with E-state index in [1.165, 1.54) is 13.0 Å². The molecule has 2 rings (SSSR count). The highest BCUT2D eigenvalue weighted by atomic mass is 35.5. The standard InChI is InChI=1S/C15H13ClF3N/c1-10-2-7-13(8-14(10)15(17,18)19)20-9-11-3-5-12(16)6-4-11/h2-8,20H,9H2,1H3. The number of rotatable bonds is 3. The van der Waals surface area contributed by atoms with Crippen molar-refractivity contribution >= 4 is 17.3 Å². The van der Waals surface area contributed by atoms with Crippen LogP contribution in [0.2, 0.25) is 5.02 Å². The normalized spacial score (nSPS) is 11.4. The molecule has 0 atom stereocenters. The first-order valence-electron chi connectivity index (χ1n) is 6.02. The second kappa shape index (κ2) is 5.75. The monoisotopic (exact) mass is 299 g/mol. The molecule has 106 valence electrons. The summed E-state index contributed by atoms with van der Waals surface area (Å²) in [6.07, 6.45) is -4.33. The van der Waals surface area contributed by atoms with Crippen molar-refractivity contribution in [2.24, 2.45) is 0 Å². The predicted molar refractivity (Wildman–Crippen MR) is 75.0 cm³/mol. The number of nitrogens with one attached hydrogen (secondary N) is 1. The molecule has 0 aliphatic carbocycles. The number of hydrogen-bond donors (Lipinski definition) is 1. The Morgan fingerprint density at radius 2 is 1.70 bits per heavy atom. The lowest BCUT2D eigenvalue weighted by atomic mass is 10.1. The second-order valence-electron chi connectivity index (χ2n) is 4.51. The summed E-state index contributed by atoms with van der Waals surface area (Å²) < 4.78 is 38.4. The predicted octanol–water partition coefficient (Wildman–Crippen LogP) is 5.28. The van der Waals surface area contributed by atoms with Crippen molar-refractivity contribution in [2.75, 3.05) is 5.32 Å². The number of hydrogen-bond acceptors (Lipinski definition) is 1. The van der Waals surface area contributed by atoms with E-state index in [-0.39, 0.29) is 5.56 Å². The highest BCUT2D eigenvalue weighted by Gasteiger charge is 2.32. The average molecular weight is 300 g/mol. The molecule has 0 heterocycles. The van der Waals surface area contributed by atoms with Crippen LogP contribution in [0.1, 0.15) is 16.7 Å². The van der Waals surface area contributed by atoms with Gasteiger partial charge in [0.25, 0.3) is 0 Å². The van der Waals surface area contributed by atoms with Gasteiger partial charge in [-0.15, -0.1) is 0 Å². The molecule has 0 radical (unpaired) electrons. The first-order chi connectivity index (χ1) is 9.36. The van der Waals surface area contributed by atoms with Gasteiger partial charge in [-0.05, 0) is 42.3 Å². The summed E-state index contributed by atoms with van der Waals surface area (Å²) in [4.78, 5) is 0. The lowest BCUT2D eigenvalue weighted by Gasteiger charge is -2.13. The van der Waals surface area contributed by atoms with Gasteiger partial charge < -0.3 is 5.32 Å². The zero-order valence-electron chi connectivity index (χ0n) is 10.8. The zero-order chi connectivity index (χ0) is 14.8. The van der Waals surface area contributed by atoms with Crippen LogP contribution in [0.25, 0.3) is 0 Å². The summed E-state index contributed by atoms with van der Waals surface area (Å²) in [6, 6.07) is 11.4. The van der Waals surface area contributed by atoms with Gasteiger partial charge in [0, 0.05) is 17.3 Å². The second-order valence-corrected chi connectivity index (χ2v) is 4.94. The molecule has 0 bridgehead atoms. The van der Waals surface area contributed by atoms with Gasteiger partial charge in [0.05, 0.1) is 5.56 Å². The van der Waals surface area contributed by atoms with Gasteiger partial charge >= 0.3 is 6.18 Å². The van der Waals surface area contributed by atoms with Crippen LogP contribution < -0.4 is 5.32 Å². The fourth-order valence-electron chi connectivity index (χ4n) is 1.84. The Kier molecular flexibility index (Phi) is 4.23. The molecule has 1 nitrogen and oxygen atoms in total. The molecule has 5 heteroatoms. The van der Waals surface area contributed by atoms with E-state index in [1.54, 1.807) is 18.2 Å². The van der Waals surface area contributed by atoms with Crippen molar-refractivity contribution in [3.63, 3.8) is 0 Å². The van der Waals surface area contributed by atoms with Crippen LogP contribution >= 0.6 is 11.6 Å². The van der Waals surface area contributed by atoms with Crippen LogP contribution in [0.3, 0.4) is 0 Å². The van der Waals surface area contributed by atoms with E-state index in [0.717, 1.165) is 11.6 Å². The molecule has 0 unspecified atom stereocenters. The maximum absolute atomic E-state index is 12.8. The van der Waals surface area contributed by atoms with E-state index in [9.17, 15) is 13.2 Å². The Morgan fingerprint density at radius 3 is 2.30 bits per heavy atom. The molecular weight excluding hydrogens is 287 g/mol. The summed E-state index contributed by atoms with van der Waals surface area (Å²) in [7, 11) is 0. The van der Waals surface area contributed by atoms with Crippen LogP contribution in [0.4, 0.5) is 18.9 Å². The third-order valence-corrected chi connectivity index (χ3v) is 3.20. The van der Waals surface area contributed by atoms with Crippen molar-refractivity contribution in [2.45, 2.75) is 19.6 Å². The van der Waals surface area contributed by atoms with Crippen LogP contribution in [0, 0.1) is 6.92 Å². The number of halogens is 4. The molecule has 0 saturated carbocycles. The van der Waals surface area contributed by atoms with E-state index in [0.29, 0.717) is 17.3 Å². The lowest BCUT2D eigenvalue weighted by Crippen LogP contribution is -2.09. The van der Waals surface area contributed by atoms with Gasteiger partial charge in [-0.25, -0.2) is 0 Å². The van der Waals surface area contributed by atoms with Crippen LogP contribution in [0.15, 0.2) is 42.5 Å². The van der Waals surface area contributed by atoms with Crippen LogP contribution in [-0.4, -0.2) is 0 Å². The summed E-state index contributed by atoms with van der Waals surface area (Å²) >= 11 is 5.77. The largest absolute Gasteiger partial charge is 0.416 e. The van der Waals surface area contributed by atoms with E-state index in [2.05, 4.69) is 5.32 Å². The lowest BCUT2D eigenvalue weighted by molar-refractivity contribution is -0.138. The van der Waals surface area contributed by atoms with Gasteiger partial charge in [-0.1, -0.05) is 29.8 Å². The minimum atomic E-state index is -4.33. The zero-order valence-corrected chi connectivity index (χ0v) is 11.5. The number of benzene rings is 2. The fraction of sp³-hybridized carbons (Fsp3) is 0.200. The van der Waals surface area contributed by atoms with Crippen molar-refractivity contribution < 1.29 is 13.2 Å². The highest BCUT2D eigenvalue weighted by molar-refractivity contribution is 6.30. The Balaban J connectivity index is 2.12. The summed E-state index contributed by atoms with van der Waals surface area (Å²) in [5.74, 6) is 0. The minimum Gasteiger partial charge on any atom is -0.381 e. The van der Waals surface area contributed by atoms with E-state index in [1.807, 2.05) is 12.1 Å². The Bertz CT molecular complexity index is 591. The molecule has 2 aromatic rings. The first kappa shape index (κ1) is 14.7. The fourth-order valence-corrected chi connectivity index (χ4v) is 1.97. The SMILES string of the molecule is Cc1ccc(NCc2ccc(Cl)cc2)cc1C(F)(F)F. The average Bonchev–Trinajstić information content (AvgIpc) is 2.38. The maximum atomic E-state index is 12.8. The molecule has 0 fully saturated rings. The Morgan fingerprint density at radius 1 is 1.05 bits per heavy atom. The first-order valence-corrected chi connectivity index (χ1v) is 6.40. The molecule has 0 spiro atoms. The van der Waals surface area contributed by atoms with E-state index in [4.69, 9.17) is 11.6 Å². The van der Waals surface area contributed by atoms with Gasteiger partial charge in [0.1, 0.15) is 0 Å². The maximum Gasteiger partial charge on any atom is 0.416 e. The number of alkyl halides is 3. The summed E-state index contributed by atoms with van der Waals surface area (Å²) in [5, 5.41) is 3.61. The van der Waals surface area contributed by atoms with Crippen molar-refractivity contribution in [3.8, 4) is 0 Å². The van der Waals surface area contributed by atoms with E-state index < -0.39 is 11.7 Å². The molecule has 0 aliphatic rings. The molecule has 20 heavy (non-hydrogen) atoms. The van der Waals surface area contributed by atoms with Crippen molar-refractivity contribution in [1.29, 1.82) is 0 Å². The van der Waals surface area contributed by atoms with Crippen LogP contribution in [0.5, 0.6) is 0 Å². The topological polar surface area (TPSA) is 12.0 Å². The van der Waals surface area contributed by atoms with Gasteiger partial charge in [-0.2, -0.15) is 13.2 Å². The van der Waals surface area contributed by atoms with Gasteiger partial charge in [-0.3, -0.25) is 0 Å². The van der Waals surface area contributed by atoms with Gasteiger partial charge in [0.15, 0.2) is 0 Å². The smallest absolute Gasteiger partial charge is 0.381 e. The summed E-state index contributed by atoms with van der Waals surface area (Å²) in [5.41, 5.74) is 0.995. The highest BCUT2D eigenvalue weighted by Crippen LogP contribution is 2.33. The quantitative estimate of drug-likeness (QED) is 0.813.